The van der Waals surface area contributed by atoms with E-state index in [2.05, 4.69) is 17.4 Å². The van der Waals surface area contributed by atoms with Crippen molar-refractivity contribution in [3.8, 4) is 0 Å². The van der Waals surface area contributed by atoms with Crippen molar-refractivity contribution in [1.82, 2.24) is 0 Å². The first-order valence-electron chi connectivity index (χ1n) is 11.3. The molecule has 1 aliphatic carbocycles. The highest BCUT2D eigenvalue weighted by atomic mass is 35.5. The molecule has 33 heavy (non-hydrogen) atoms. The number of hydrogen-bond donors (Lipinski definition) is 1. The number of rotatable bonds is 3. The van der Waals surface area contributed by atoms with Gasteiger partial charge in [0.2, 0.25) is 5.91 Å². The van der Waals surface area contributed by atoms with Gasteiger partial charge in [-0.15, -0.1) is 0 Å². The summed E-state index contributed by atoms with van der Waals surface area (Å²) in [5.41, 5.74) is 5.20. The molecule has 1 N–H and O–H groups in total. The Morgan fingerprint density at radius 3 is 2.36 bits per heavy atom. The molecule has 5 heteroatoms. The Labute approximate surface area is 198 Å². The zero-order chi connectivity index (χ0) is 22.9. The van der Waals surface area contributed by atoms with Gasteiger partial charge in [0.05, 0.1) is 17.4 Å². The highest BCUT2D eigenvalue weighted by molar-refractivity contribution is 6.30. The summed E-state index contributed by atoms with van der Waals surface area (Å²) in [6.07, 6.45) is 1.46. The average molecular weight is 457 g/mol. The van der Waals surface area contributed by atoms with Crippen LogP contribution in [0.2, 0.25) is 5.02 Å². The molecule has 1 heterocycles. The molecular weight excluding hydrogens is 432 g/mol. The Morgan fingerprint density at radius 1 is 0.939 bits per heavy atom. The number of fused-ring (bicyclic) bond motifs is 1. The van der Waals surface area contributed by atoms with Crippen molar-refractivity contribution in [1.29, 1.82) is 0 Å². The molecule has 166 valence electrons. The van der Waals surface area contributed by atoms with E-state index in [0.29, 0.717) is 29.9 Å². The van der Waals surface area contributed by atoms with Crippen LogP contribution in [0.25, 0.3) is 0 Å². The van der Waals surface area contributed by atoms with E-state index in [0.717, 1.165) is 28.2 Å². The van der Waals surface area contributed by atoms with Crippen LogP contribution < -0.4 is 10.2 Å². The third-order valence-electron chi connectivity index (χ3n) is 6.52. The lowest BCUT2D eigenvalue weighted by atomic mass is 9.78. The van der Waals surface area contributed by atoms with Gasteiger partial charge in [-0.25, -0.2) is 0 Å². The van der Waals surface area contributed by atoms with E-state index in [1.54, 1.807) is 4.90 Å². The molecule has 0 fully saturated rings. The van der Waals surface area contributed by atoms with Gasteiger partial charge in [-0.2, -0.15) is 0 Å². The van der Waals surface area contributed by atoms with Gasteiger partial charge in [0.15, 0.2) is 5.78 Å². The molecule has 0 spiro atoms. The second-order valence-electron chi connectivity index (χ2n) is 8.54. The number of allylic oxidation sites excluding steroid dienone is 1. The lowest BCUT2D eigenvalue weighted by Gasteiger charge is -2.35. The van der Waals surface area contributed by atoms with Gasteiger partial charge in [0, 0.05) is 29.1 Å². The van der Waals surface area contributed by atoms with Gasteiger partial charge in [0.1, 0.15) is 0 Å². The standard InChI is InChI=1S/C28H25ClN2O2/c1-2-26(33)31-24-11-7-6-10-22(24)30-23-16-20(18-8-4-3-5-9-18)17-25(32)27(23)28(31)19-12-14-21(29)15-13-19/h3-15,20,28,30H,2,16-17H2,1H3/t20-,28-/m1/s1. The van der Waals surface area contributed by atoms with Gasteiger partial charge in [0.25, 0.3) is 0 Å². The molecule has 4 nitrogen and oxygen atoms in total. The number of halogens is 1. The predicted molar refractivity (Wildman–Crippen MR) is 132 cm³/mol. The number of nitrogens with zero attached hydrogens (tertiary/aromatic N) is 1. The molecule has 5 rings (SSSR count). The number of carbonyl (C=O) groups excluding carboxylic acids is 2. The summed E-state index contributed by atoms with van der Waals surface area (Å²) in [6.45, 7) is 1.85. The molecule has 1 amide bonds. The maximum Gasteiger partial charge on any atom is 0.227 e. The summed E-state index contributed by atoms with van der Waals surface area (Å²) in [5.74, 6) is 0.131. The van der Waals surface area contributed by atoms with Gasteiger partial charge in [-0.05, 0) is 47.7 Å². The number of hydrogen-bond acceptors (Lipinski definition) is 3. The van der Waals surface area contributed by atoms with Gasteiger partial charge in [-0.3, -0.25) is 14.5 Å². The van der Waals surface area contributed by atoms with Crippen LogP contribution >= 0.6 is 11.6 Å². The maximum absolute atomic E-state index is 13.8. The first-order valence-corrected chi connectivity index (χ1v) is 11.7. The molecule has 3 aromatic rings. The van der Waals surface area contributed by atoms with Crippen molar-refractivity contribution in [2.24, 2.45) is 0 Å². The molecule has 2 aliphatic rings. The van der Waals surface area contributed by atoms with Crippen molar-refractivity contribution >= 4 is 34.7 Å². The third kappa shape index (κ3) is 3.96. The molecule has 0 saturated heterocycles. The number of ketones is 1. The van der Waals surface area contributed by atoms with E-state index in [4.69, 9.17) is 11.6 Å². The lowest BCUT2D eigenvalue weighted by molar-refractivity contribution is -0.119. The van der Waals surface area contributed by atoms with Crippen LogP contribution in [0, 0.1) is 0 Å². The Hall–Kier alpha value is -3.37. The zero-order valence-corrected chi connectivity index (χ0v) is 19.2. The summed E-state index contributed by atoms with van der Waals surface area (Å²) in [4.78, 5) is 28.9. The van der Waals surface area contributed by atoms with Crippen LogP contribution in [0.4, 0.5) is 11.4 Å². The smallest absolute Gasteiger partial charge is 0.227 e. The largest absolute Gasteiger partial charge is 0.357 e. The van der Waals surface area contributed by atoms with Crippen LogP contribution in [0.5, 0.6) is 0 Å². The topological polar surface area (TPSA) is 49.4 Å². The number of carbonyl (C=O) groups is 2. The van der Waals surface area contributed by atoms with E-state index in [1.807, 2.05) is 73.7 Å². The van der Waals surface area contributed by atoms with E-state index in [1.165, 1.54) is 0 Å². The minimum Gasteiger partial charge on any atom is -0.357 e. The number of nitrogens with one attached hydrogen (secondary N) is 1. The van der Waals surface area contributed by atoms with Crippen LogP contribution in [-0.4, -0.2) is 11.7 Å². The van der Waals surface area contributed by atoms with Crippen LogP contribution in [-0.2, 0) is 9.59 Å². The fraction of sp³-hybridized carbons (Fsp3) is 0.214. The molecule has 3 aromatic carbocycles. The first kappa shape index (κ1) is 21.5. The predicted octanol–water partition coefficient (Wildman–Crippen LogP) is 6.65. The summed E-state index contributed by atoms with van der Waals surface area (Å²) < 4.78 is 0. The summed E-state index contributed by atoms with van der Waals surface area (Å²) in [6, 6.07) is 24.9. The average Bonchev–Trinajstić information content (AvgIpc) is 2.99. The highest BCUT2D eigenvalue weighted by Crippen LogP contribution is 2.47. The third-order valence-corrected chi connectivity index (χ3v) is 6.77. The molecular formula is C28H25ClN2O2. The Morgan fingerprint density at radius 2 is 1.64 bits per heavy atom. The fourth-order valence-corrected chi connectivity index (χ4v) is 5.08. The summed E-state index contributed by atoms with van der Waals surface area (Å²) >= 11 is 6.17. The molecule has 0 radical (unpaired) electrons. The molecule has 0 aromatic heterocycles. The zero-order valence-electron chi connectivity index (χ0n) is 18.4. The number of amides is 1. The van der Waals surface area contributed by atoms with Gasteiger partial charge >= 0.3 is 0 Å². The quantitative estimate of drug-likeness (QED) is 0.480. The number of Topliss-reactive ketones (excluding diaryl/α,β-unsaturated/α-hetero) is 1. The normalized spacial score (nSPS) is 19.9. The van der Waals surface area contributed by atoms with E-state index < -0.39 is 6.04 Å². The summed E-state index contributed by atoms with van der Waals surface area (Å²) in [7, 11) is 0. The van der Waals surface area contributed by atoms with Crippen molar-refractivity contribution in [2.75, 3.05) is 10.2 Å². The first-order chi connectivity index (χ1) is 16.1. The van der Waals surface area contributed by atoms with Gasteiger partial charge in [-0.1, -0.05) is 73.1 Å². The second-order valence-corrected chi connectivity index (χ2v) is 8.98. The molecule has 2 atom stereocenters. The fourth-order valence-electron chi connectivity index (χ4n) is 4.96. The highest BCUT2D eigenvalue weighted by Gasteiger charge is 2.41. The monoisotopic (exact) mass is 456 g/mol. The van der Waals surface area contributed by atoms with Crippen LogP contribution in [0.15, 0.2) is 90.1 Å². The maximum atomic E-state index is 13.8. The van der Waals surface area contributed by atoms with Crippen molar-refractivity contribution in [3.05, 3.63) is 106 Å². The van der Waals surface area contributed by atoms with Crippen LogP contribution in [0.1, 0.15) is 49.3 Å². The number of benzene rings is 3. The molecule has 1 aliphatic heterocycles. The molecule has 0 bridgehead atoms. The van der Waals surface area contributed by atoms with E-state index in [9.17, 15) is 9.59 Å². The van der Waals surface area contributed by atoms with Crippen LogP contribution in [0.3, 0.4) is 0 Å². The summed E-state index contributed by atoms with van der Waals surface area (Å²) in [5, 5.41) is 4.17. The van der Waals surface area contributed by atoms with Crippen molar-refractivity contribution in [2.45, 2.75) is 38.1 Å². The minimum atomic E-state index is -0.509. The minimum absolute atomic E-state index is 0.0315. The van der Waals surface area contributed by atoms with E-state index >= 15 is 0 Å². The van der Waals surface area contributed by atoms with E-state index in [-0.39, 0.29) is 17.6 Å². The lowest BCUT2D eigenvalue weighted by Crippen LogP contribution is -2.38. The SMILES string of the molecule is CCC(=O)N1c2ccccc2NC2=C(C(=O)C[C@H](c3ccccc3)C2)[C@H]1c1ccc(Cl)cc1. The Kier molecular flexibility index (Phi) is 5.77. The van der Waals surface area contributed by atoms with Crippen molar-refractivity contribution in [3.63, 3.8) is 0 Å². The van der Waals surface area contributed by atoms with Gasteiger partial charge < -0.3 is 5.32 Å². The number of anilines is 2. The second kappa shape index (κ2) is 8.87. The van der Waals surface area contributed by atoms with Crippen molar-refractivity contribution < 1.29 is 9.59 Å². The number of para-hydroxylation sites is 2. The molecule has 0 saturated carbocycles. The Bertz CT molecular complexity index is 1230. The Balaban J connectivity index is 1.71. The molecule has 0 unspecified atom stereocenters.